The Balaban J connectivity index is 1.56. The van der Waals surface area contributed by atoms with Gasteiger partial charge in [0.15, 0.2) is 0 Å². The standard InChI is InChI=1S/C19H22N4O/c1-3-13-4-5-14(8-12(13)2)22-19(24)23-15-6-7-18(23)16-10-20-11-21-17(16)9-15/h4-5,8,10-11,15,18H,3,6-7,9H2,1-2H3,(H,22,24). The van der Waals surface area contributed by atoms with Crippen molar-refractivity contribution in [1.29, 1.82) is 0 Å². The number of benzene rings is 1. The monoisotopic (exact) mass is 322 g/mol. The minimum atomic E-state index is -0.0133. The van der Waals surface area contributed by atoms with Crippen molar-refractivity contribution in [3.63, 3.8) is 0 Å². The molecule has 2 amide bonds. The highest BCUT2D eigenvalue weighted by molar-refractivity contribution is 5.90. The minimum absolute atomic E-state index is 0.0133. The summed E-state index contributed by atoms with van der Waals surface area (Å²) >= 11 is 0. The maximum absolute atomic E-state index is 12.9. The molecule has 4 rings (SSSR count). The van der Waals surface area contributed by atoms with Crippen LogP contribution in [0, 0.1) is 6.92 Å². The summed E-state index contributed by atoms with van der Waals surface area (Å²) in [6.07, 6.45) is 7.33. The molecule has 1 aromatic carbocycles. The number of urea groups is 1. The van der Waals surface area contributed by atoms with E-state index in [0.717, 1.165) is 42.6 Å². The number of aromatic nitrogens is 2. The average molecular weight is 322 g/mol. The van der Waals surface area contributed by atoms with E-state index in [2.05, 4.69) is 41.3 Å². The summed E-state index contributed by atoms with van der Waals surface area (Å²) < 4.78 is 0. The summed E-state index contributed by atoms with van der Waals surface area (Å²) in [7, 11) is 0. The van der Waals surface area contributed by atoms with Crippen LogP contribution in [0.3, 0.4) is 0 Å². The van der Waals surface area contributed by atoms with Gasteiger partial charge in [0.2, 0.25) is 0 Å². The first kappa shape index (κ1) is 15.1. The molecule has 124 valence electrons. The Morgan fingerprint density at radius 2 is 2.25 bits per heavy atom. The molecular weight excluding hydrogens is 300 g/mol. The lowest BCUT2D eigenvalue weighted by molar-refractivity contribution is 0.178. The molecule has 1 aromatic heterocycles. The SMILES string of the molecule is CCc1ccc(NC(=O)N2C3CCC2c2cncnc2C3)cc1C. The van der Waals surface area contributed by atoms with Gasteiger partial charge < -0.3 is 10.2 Å². The second-order valence-corrected chi connectivity index (χ2v) is 6.71. The quantitative estimate of drug-likeness (QED) is 0.918. The van der Waals surface area contributed by atoms with Gasteiger partial charge in [0.1, 0.15) is 6.33 Å². The van der Waals surface area contributed by atoms with Gasteiger partial charge in [-0.15, -0.1) is 0 Å². The summed E-state index contributed by atoms with van der Waals surface area (Å²) in [5.41, 5.74) is 5.61. The van der Waals surface area contributed by atoms with Crippen LogP contribution in [0.5, 0.6) is 0 Å². The van der Waals surface area contributed by atoms with Crippen LogP contribution in [0.15, 0.2) is 30.7 Å². The molecule has 1 fully saturated rings. The van der Waals surface area contributed by atoms with Crippen LogP contribution in [0.2, 0.25) is 0 Å². The molecule has 2 bridgehead atoms. The average Bonchev–Trinajstić information content (AvgIpc) is 2.90. The van der Waals surface area contributed by atoms with Crippen molar-refractivity contribution in [2.75, 3.05) is 5.32 Å². The summed E-state index contributed by atoms with van der Waals surface area (Å²) in [4.78, 5) is 23.4. The Labute approximate surface area is 142 Å². The van der Waals surface area contributed by atoms with Crippen molar-refractivity contribution < 1.29 is 4.79 Å². The van der Waals surface area contributed by atoms with E-state index in [1.54, 1.807) is 6.33 Å². The molecule has 3 heterocycles. The predicted octanol–water partition coefficient (Wildman–Crippen LogP) is 3.64. The topological polar surface area (TPSA) is 58.1 Å². The lowest BCUT2D eigenvalue weighted by atomic mass is 10.00. The molecule has 1 saturated heterocycles. The molecule has 24 heavy (non-hydrogen) atoms. The molecule has 2 unspecified atom stereocenters. The van der Waals surface area contributed by atoms with Crippen LogP contribution >= 0.6 is 0 Å². The number of hydrogen-bond donors (Lipinski definition) is 1. The normalized spacial score (nSPS) is 21.5. The number of anilines is 1. The van der Waals surface area contributed by atoms with Gasteiger partial charge >= 0.3 is 6.03 Å². The number of fused-ring (bicyclic) bond motifs is 4. The van der Waals surface area contributed by atoms with Gasteiger partial charge in [-0.25, -0.2) is 14.8 Å². The summed E-state index contributed by atoms with van der Waals surface area (Å²) in [5, 5.41) is 3.08. The van der Waals surface area contributed by atoms with Crippen molar-refractivity contribution in [2.24, 2.45) is 0 Å². The van der Waals surface area contributed by atoms with Gasteiger partial charge in [0.25, 0.3) is 0 Å². The number of nitrogens with one attached hydrogen (secondary N) is 1. The molecular formula is C19H22N4O. The summed E-state index contributed by atoms with van der Waals surface area (Å²) in [6, 6.07) is 6.48. The third-order valence-electron chi connectivity index (χ3n) is 5.33. The highest BCUT2D eigenvalue weighted by atomic mass is 16.2. The van der Waals surface area contributed by atoms with Crippen LogP contribution < -0.4 is 5.32 Å². The second-order valence-electron chi connectivity index (χ2n) is 6.71. The molecule has 2 aliphatic heterocycles. The molecule has 0 radical (unpaired) electrons. The molecule has 5 nitrogen and oxygen atoms in total. The third-order valence-corrected chi connectivity index (χ3v) is 5.33. The van der Waals surface area contributed by atoms with Gasteiger partial charge in [-0.05, 0) is 49.4 Å². The lowest BCUT2D eigenvalue weighted by Gasteiger charge is -2.35. The van der Waals surface area contributed by atoms with Crippen molar-refractivity contribution in [3.8, 4) is 0 Å². The molecule has 5 heteroatoms. The summed E-state index contributed by atoms with van der Waals surface area (Å²) in [5.74, 6) is 0. The van der Waals surface area contributed by atoms with Gasteiger partial charge in [-0.2, -0.15) is 0 Å². The molecule has 1 N–H and O–H groups in total. The zero-order valence-electron chi connectivity index (χ0n) is 14.1. The molecule has 0 saturated carbocycles. The third kappa shape index (κ3) is 2.44. The van der Waals surface area contributed by atoms with E-state index in [4.69, 9.17) is 0 Å². The lowest BCUT2D eigenvalue weighted by Crippen LogP contribution is -2.44. The fourth-order valence-corrected chi connectivity index (χ4v) is 4.09. The van der Waals surface area contributed by atoms with Gasteiger partial charge in [-0.3, -0.25) is 0 Å². The first-order chi connectivity index (χ1) is 11.7. The molecule has 2 atom stereocenters. The van der Waals surface area contributed by atoms with Crippen molar-refractivity contribution in [2.45, 2.75) is 51.6 Å². The zero-order valence-corrected chi connectivity index (χ0v) is 14.1. The first-order valence-electron chi connectivity index (χ1n) is 8.65. The maximum atomic E-state index is 12.9. The number of nitrogens with zero attached hydrogens (tertiary/aromatic N) is 3. The van der Waals surface area contributed by atoms with Gasteiger partial charge in [0.05, 0.1) is 11.7 Å². The highest BCUT2D eigenvalue weighted by Gasteiger charge is 2.43. The van der Waals surface area contributed by atoms with E-state index in [0.29, 0.717) is 0 Å². The minimum Gasteiger partial charge on any atom is -0.314 e. The van der Waals surface area contributed by atoms with Crippen LogP contribution in [0.1, 0.15) is 48.2 Å². The fraction of sp³-hybridized carbons (Fsp3) is 0.421. The van der Waals surface area contributed by atoms with E-state index >= 15 is 0 Å². The number of hydrogen-bond acceptors (Lipinski definition) is 3. The van der Waals surface area contributed by atoms with Crippen molar-refractivity contribution >= 4 is 11.7 Å². The Morgan fingerprint density at radius 3 is 3.04 bits per heavy atom. The van der Waals surface area contributed by atoms with Crippen LogP contribution in [0.25, 0.3) is 0 Å². The zero-order chi connectivity index (χ0) is 16.7. The van der Waals surface area contributed by atoms with E-state index in [-0.39, 0.29) is 18.1 Å². The largest absolute Gasteiger partial charge is 0.322 e. The Kier molecular flexibility index (Phi) is 3.71. The number of rotatable bonds is 2. The van der Waals surface area contributed by atoms with E-state index in [1.165, 1.54) is 11.1 Å². The van der Waals surface area contributed by atoms with Crippen LogP contribution in [0.4, 0.5) is 10.5 Å². The van der Waals surface area contributed by atoms with Gasteiger partial charge in [0, 0.05) is 29.9 Å². The number of amides is 2. The fourth-order valence-electron chi connectivity index (χ4n) is 4.09. The van der Waals surface area contributed by atoms with Crippen LogP contribution in [-0.4, -0.2) is 26.9 Å². The van der Waals surface area contributed by atoms with Crippen molar-refractivity contribution in [3.05, 3.63) is 53.1 Å². The van der Waals surface area contributed by atoms with E-state index in [1.807, 2.05) is 17.2 Å². The molecule has 0 spiro atoms. The predicted molar refractivity (Wildman–Crippen MR) is 92.9 cm³/mol. The molecule has 2 aliphatic rings. The van der Waals surface area contributed by atoms with E-state index < -0.39 is 0 Å². The Bertz CT molecular complexity index is 789. The highest BCUT2D eigenvalue weighted by Crippen LogP contribution is 2.42. The second kappa shape index (κ2) is 5.89. The molecule has 2 aromatic rings. The van der Waals surface area contributed by atoms with Crippen LogP contribution in [-0.2, 0) is 12.8 Å². The Hall–Kier alpha value is -2.43. The van der Waals surface area contributed by atoms with Gasteiger partial charge in [-0.1, -0.05) is 13.0 Å². The maximum Gasteiger partial charge on any atom is 0.322 e. The number of carbonyl (C=O) groups excluding carboxylic acids is 1. The smallest absolute Gasteiger partial charge is 0.314 e. The van der Waals surface area contributed by atoms with E-state index in [9.17, 15) is 4.79 Å². The number of carbonyl (C=O) groups is 1. The Morgan fingerprint density at radius 1 is 1.38 bits per heavy atom. The summed E-state index contributed by atoms with van der Waals surface area (Å²) in [6.45, 7) is 4.23. The first-order valence-corrected chi connectivity index (χ1v) is 8.65. The van der Waals surface area contributed by atoms with Crippen molar-refractivity contribution in [1.82, 2.24) is 14.9 Å². The molecule has 0 aliphatic carbocycles. The number of aryl methyl sites for hydroxylation is 2.